The maximum atomic E-state index is 5.37. The van der Waals surface area contributed by atoms with E-state index in [4.69, 9.17) is 4.52 Å². The van der Waals surface area contributed by atoms with Gasteiger partial charge in [-0.05, 0) is 50.7 Å². The molecule has 0 spiro atoms. The predicted molar refractivity (Wildman–Crippen MR) is 118 cm³/mol. The van der Waals surface area contributed by atoms with E-state index < -0.39 is 0 Å². The van der Waals surface area contributed by atoms with E-state index >= 15 is 0 Å². The highest BCUT2D eigenvalue weighted by Crippen LogP contribution is 2.36. The van der Waals surface area contributed by atoms with Gasteiger partial charge < -0.3 is 15.2 Å². The molecule has 2 aromatic heterocycles. The number of piperidine rings is 1. The van der Waals surface area contributed by atoms with Crippen LogP contribution in [-0.2, 0) is 12.0 Å². The molecule has 0 amide bonds. The summed E-state index contributed by atoms with van der Waals surface area (Å²) in [4.78, 5) is 13.1. The summed E-state index contributed by atoms with van der Waals surface area (Å²) in [6, 6.07) is 4.87. The van der Waals surface area contributed by atoms with Crippen molar-refractivity contribution in [2.24, 2.45) is 10.9 Å². The SMILES string of the molecule is CCNC(=NCc1noc(C(C)(C)C)n1)NCC1CCCN(C)C1c1cccs1. The van der Waals surface area contributed by atoms with Crippen LogP contribution in [0.2, 0.25) is 0 Å². The average molecular weight is 419 g/mol. The van der Waals surface area contributed by atoms with Gasteiger partial charge in [-0.2, -0.15) is 4.98 Å². The molecule has 3 heterocycles. The molecular weight excluding hydrogens is 384 g/mol. The fraction of sp³-hybridized carbons (Fsp3) is 0.667. The number of hydrogen-bond acceptors (Lipinski definition) is 6. The van der Waals surface area contributed by atoms with E-state index in [1.54, 1.807) is 0 Å². The Balaban J connectivity index is 1.63. The molecule has 0 aromatic carbocycles. The number of thiophene rings is 1. The summed E-state index contributed by atoms with van der Waals surface area (Å²) in [5.41, 5.74) is -0.151. The molecule has 29 heavy (non-hydrogen) atoms. The second-order valence-corrected chi connectivity index (χ2v) is 9.66. The molecule has 1 fully saturated rings. The molecule has 2 unspecified atom stereocenters. The minimum Gasteiger partial charge on any atom is -0.357 e. The molecule has 8 heteroatoms. The van der Waals surface area contributed by atoms with Crippen LogP contribution in [0, 0.1) is 5.92 Å². The van der Waals surface area contributed by atoms with Crippen molar-refractivity contribution in [1.82, 2.24) is 25.7 Å². The smallest absolute Gasteiger partial charge is 0.232 e. The van der Waals surface area contributed by atoms with Crippen LogP contribution in [0.1, 0.15) is 63.2 Å². The Hall–Kier alpha value is -1.93. The molecule has 3 rings (SSSR count). The first-order valence-electron chi connectivity index (χ1n) is 10.5. The minimum atomic E-state index is -0.151. The Kier molecular flexibility index (Phi) is 7.29. The molecule has 0 saturated carbocycles. The molecule has 0 radical (unpaired) electrons. The van der Waals surface area contributed by atoms with Crippen molar-refractivity contribution in [2.45, 2.75) is 58.5 Å². The van der Waals surface area contributed by atoms with Crippen molar-refractivity contribution in [3.8, 4) is 0 Å². The van der Waals surface area contributed by atoms with Gasteiger partial charge in [-0.3, -0.25) is 4.90 Å². The molecule has 2 aromatic rings. The molecule has 7 nitrogen and oxygen atoms in total. The number of likely N-dealkylation sites (tertiary alicyclic amines) is 1. The second kappa shape index (κ2) is 9.71. The molecule has 2 atom stereocenters. The summed E-state index contributed by atoms with van der Waals surface area (Å²) in [5, 5.41) is 13.1. The van der Waals surface area contributed by atoms with Gasteiger partial charge in [0.05, 0.1) is 0 Å². The van der Waals surface area contributed by atoms with Crippen LogP contribution in [-0.4, -0.2) is 47.7 Å². The monoisotopic (exact) mass is 418 g/mol. The van der Waals surface area contributed by atoms with Crippen molar-refractivity contribution in [3.63, 3.8) is 0 Å². The van der Waals surface area contributed by atoms with Crippen LogP contribution >= 0.6 is 11.3 Å². The highest BCUT2D eigenvalue weighted by molar-refractivity contribution is 7.10. The van der Waals surface area contributed by atoms with Crippen molar-refractivity contribution in [1.29, 1.82) is 0 Å². The lowest BCUT2D eigenvalue weighted by Gasteiger charge is -2.39. The van der Waals surface area contributed by atoms with Gasteiger partial charge in [0.25, 0.3) is 0 Å². The molecule has 160 valence electrons. The summed E-state index contributed by atoms with van der Waals surface area (Å²) in [6.45, 7) is 11.5. The topological polar surface area (TPSA) is 78.6 Å². The lowest BCUT2D eigenvalue weighted by Crippen LogP contribution is -2.44. The fourth-order valence-corrected chi connectivity index (χ4v) is 4.71. The van der Waals surface area contributed by atoms with Crippen molar-refractivity contribution < 1.29 is 4.52 Å². The van der Waals surface area contributed by atoms with Gasteiger partial charge in [-0.25, -0.2) is 4.99 Å². The van der Waals surface area contributed by atoms with E-state index in [9.17, 15) is 0 Å². The number of aromatic nitrogens is 2. The number of aliphatic imine (C=N–C) groups is 1. The van der Waals surface area contributed by atoms with E-state index in [1.165, 1.54) is 17.7 Å². The maximum Gasteiger partial charge on any atom is 0.232 e. The van der Waals surface area contributed by atoms with Gasteiger partial charge in [-0.1, -0.05) is 32.0 Å². The highest BCUT2D eigenvalue weighted by atomic mass is 32.1. The molecule has 0 aliphatic carbocycles. The van der Waals surface area contributed by atoms with Crippen molar-refractivity contribution in [3.05, 3.63) is 34.1 Å². The normalized spacial score (nSPS) is 21.3. The van der Waals surface area contributed by atoms with Crippen LogP contribution in [0.25, 0.3) is 0 Å². The third-order valence-corrected chi connectivity index (χ3v) is 6.15. The number of hydrogen-bond donors (Lipinski definition) is 2. The third-order valence-electron chi connectivity index (χ3n) is 5.21. The summed E-state index contributed by atoms with van der Waals surface area (Å²) >= 11 is 1.85. The quantitative estimate of drug-likeness (QED) is 0.552. The van der Waals surface area contributed by atoms with E-state index in [0.29, 0.717) is 30.2 Å². The zero-order valence-electron chi connectivity index (χ0n) is 18.2. The van der Waals surface area contributed by atoms with Gasteiger partial charge in [0.15, 0.2) is 11.8 Å². The highest BCUT2D eigenvalue weighted by Gasteiger charge is 2.31. The first-order valence-corrected chi connectivity index (χ1v) is 11.4. The Morgan fingerprint density at radius 3 is 2.86 bits per heavy atom. The van der Waals surface area contributed by atoms with Crippen LogP contribution in [0.15, 0.2) is 27.0 Å². The number of nitrogens with one attached hydrogen (secondary N) is 2. The zero-order valence-corrected chi connectivity index (χ0v) is 19.1. The lowest BCUT2D eigenvalue weighted by atomic mass is 9.88. The molecular formula is C21H34N6OS. The van der Waals surface area contributed by atoms with E-state index in [-0.39, 0.29) is 5.41 Å². The van der Waals surface area contributed by atoms with Crippen LogP contribution < -0.4 is 10.6 Å². The minimum absolute atomic E-state index is 0.151. The van der Waals surface area contributed by atoms with Gasteiger partial charge in [0, 0.05) is 29.4 Å². The molecule has 2 N–H and O–H groups in total. The Morgan fingerprint density at radius 2 is 2.21 bits per heavy atom. The Labute approximate surface area is 178 Å². The van der Waals surface area contributed by atoms with Crippen LogP contribution in [0.5, 0.6) is 0 Å². The van der Waals surface area contributed by atoms with Crippen LogP contribution in [0.3, 0.4) is 0 Å². The van der Waals surface area contributed by atoms with E-state index in [0.717, 1.165) is 25.6 Å². The molecule has 0 bridgehead atoms. The average Bonchev–Trinajstić information content (AvgIpc) is 3.35. The summed E-state index contributed by atoms with van der Waals surface area (Å²) in [6.07, 6.45) is 2.45. The largest absolute Gasteiger partial charge is 0.357 e. The van der Waals surface area contributed by atoms with Gasteiger partial charge >= 0.3 is 0 Å². The molecule has 1 aliphatic heterocycles. The van der Waals surface area contributed by atoms with Crippen molar-refractivity contribution in [2.75, 3.05) is 26.7 Å². The summed E-state index contributed by atoms with van der Waals surface area (Å²) in [7, 11) is 2.24. The lowest BCUT2D eigenvalue weighted by molar-refractivity contribution is 0.125. The first-order chi connectivity index (χ1) is 13.9. The molecule has 1 saturated heterocycles. The zero-order chi connectivity index (χ0) is 20.9. The van der Waals surface area contributed by atoms with Gasteiger partial charge in [-0.15, -0.1) is 11.3 Å². The first kappa shape index (κ1) is 21.8. The second-order valence-electron chi connectivity index (χ2n) is 8.68. The molecule has 1 aliphatic rings. The van der Waals surface area contributed by atoms with Gasteiger partial charge in [0.1, 0.15) is 6.54 Å². The van der Waals surface area contributed by atoms with E-state index in [1.807, 2.05) is 11.3 Å². The van der Waals surface area contributed by atoms with Crippen LogP contribution in [0.4, 0.5) is 0 Å². The third kappa shape index (κ3) is 5.79. The Bertz CT molecular complexity index is 779. The van der Waals surface area contributed by atoms with Crippen molar-refractivity contribution >= 4 is 17.3 Å². The number of guanidine groups is 1. The predicted octanol–water partition coefficient (Wildman–Crippen LogP) is 3.57. The maximum absolute atomic E-state index is 5.37. The van der Waals surface area contributed by atoms with E-state index in [2.05, 4.69) is 82.9 Å². The summed E-state index contributed by atoms with van der Waals surface area (Å²) < 4.78 is 5.37. The fourth-order valence-electron chi connectivity index (χ4n) is 3.72. The Morgan fingerprint density at radius 1 is 1.38 bits per heavy atom. The van der Waals surface area contributed by atoms with Gasteiger partial charge in [0.2, 0.25) is 5.89 Å². The number of nitrogens with zero attached hydrogens (tertiary/aromatic N) is 4. The number of rotatable bonds is 6. The summed E-state index contributed by atoms with van der Waals surface area (Å²) in [5.74, 6) is 2.60. The standard InChI is InChI=1S/C21H34N6OS/c1-6-22-20(24-14-17-25-19(28-26-17)21(2,3)4)23-13-15-9-7-11-27(5)18(15)16-10-8-12-29-16/h8,10,12,15,18H,6-7,9,11,13-14H2,1-5H3,(H2,22,23,24).